The Kier molecular flexibility index (Phi) is 9.42. The molecule has 1 aromatic carbocycles. The van der Waals surface area contributed by atoms with Crippen LogP contribution in [0.25, 0.3) is 10.4 Å². The third-order valence-corrected chi connectivity index (χ3v) is 5.46. The Labute approximate surface area is 178 Å². The van der Waals surface area contributed by atoms with Crippen LogP contribution < -0.4 is 9.47 Å². The van der Waals surface area contributed by atoms with Gasteiger partial charge in [-0.25, -0.2) is 0 Å². The van der Waals surface area contributed by atoms with E-state index in [2.05, 4.69) is 16.9 Å². The second kappa shape index (κ2) is 12.0. The molecule has 0 saturated heterocycles. The largest absolute Gasteiger partial charge is 0.496 e. The van der Waals surface area contributed by atoms with E-state index in [-0.39, 0.29) is 34.2 Å². The van der Waals surface area contributed by atoms with Gasteiger partial charge in [-0.2, -0.15) is 0 Å². The zero-order chi connectivity index (χ0) is 21.9. The molecule has 0 radical (unpaired) electrons. The van der Waals surface area contributed by atoms with Crippen LogP contribution in [0.15, 0.2) is 23.3 Å². The highest BCUT2D eigenvalue weighted by atomic mass is 16.5. The molecule has 0 bridgehead atoms. The van der Waals surface area contributed by atoms with E-state index in [1.807, 2.05) is 0 Å². The fourth-order valence-corrected chi connectivity index (χ4v) is 3.90. The number of carbonyl (C=O) groups excluding carboxylic acids is 2. The van der Waals surface area contributed by atoms with Crippen LogP contribution in [0.5, 0.6) is 11.5 Å². The van der Waals surface area contributed by atoms with E-state index in [1.165, 1.54) is 58.5 Å². The van der Waals surface area contributed by atoms with Crippen molar-refractivity contribution in [2.24, 2.45) is 5.11 Å². The number of nitrogens with zero attached hydrogens (tertiary/aromatic N) is 3. The first-order valence-corrected chi connectivity index (χ1v) is 10.7. The Balaban J connectivity index is 2.22. The first-order chi connectivity index (χ1) is 14.6. The predicted molar refractivity (Wildman–Crippen MR) is 116 cm³/mol. The Morgan fingerprint density at radius 3 is 2.10 bits per heavy atom. The molecule has 0 amide bonds. The van der Waals surface area contributed by atoms with Gasteiger partial charge in [0.05, 0.1) is 31.4 Å². The van der Waals surface area contributed by atoms with Gasteiger partial charge in [0.15, 0.2) is 11.6 Å². The van der Waals surface area contributed by atoms with Crippen molar-refractivity contribution in [3.63, 3.8) is 0 Å². The third-order valence-electron chi connectivity index (χ3n) is 5.46. The Hall–Kier alpha value is -2.79. The number of ketones is 2. The summed E-state index contributed by atoms with van der Waals surface area (Å²) in [6.45, 7) is 2.21. The van der Waals surface area contributed by atoms with Crippen LogP contribution in [0, 0.1) is 0 Å². The number of unbranched alkanes of at least 4 members (excludes halogenated alkanes) is 7. The van der Waals surface area contributed by atoms with Crippen molar-refractivity contribution in [1.29, 1.82) is 0 Å². The minimum absolute atomic E-state index is 0.174. The number of hydrogen-bond acceptors (Lipinski definition) is 5. The normalized spacial score (nSPS) is 13.6. The zero-order valence-electron chi connectivity index (χ0n) is 18.1. The quantitative estimate of drug-likeness (QED) is 0.159. The monoisotopic (exact) mass is 413 g/mol. The van der Waals surface area contributed by atoms with Gasteiger partial charge < -0.3 is 9.47 Å². The second-order valence-corrected chi connectivity index (χ2v) is 7.50. The van der Waals surface area contributed by atoms with Gasteiger partial charge in [0.1, 0.15) is 11.5 Å². The zero-order valence-corrected chi connectivity index (χ0v) is 18.1. The topological polar surface area (TPSA) is 101 Å². The number of benzene rings is 1. The predicted octanol–water partition coefficient (Wildman–Crippen LogP) is 6.52. The SMILES string of the molecule is CCCCCCCCCCC(N=[N+]=[N-])c1cc(OC)c2c(c1OC)C(=O)C=CC2=O. The molecule has 0 fully saturated rings. The average molecular weight is 414 g/mol. The lowest BCUT2D eigenvalue weighted by molar-refractivity contribution is 0.0988. The molecular formula is C23H31N3O4. The van der Waals surface area contributed by atoms with Crippen molar-refractivity contribution >= 4 is 11.6 Å². The van der Waals surface area contributed by atoms with E-state index in [9.17, 15) is 9.59 Å². The number of methoxy groups -OCH3 is 2. The summed E-state index contributed by atoms with van der Waals surface area (Å²) in [6, 6.07) is 1.16. The van der Waals surface area contributed by atoms with Gasteiger partial charge in [-0.3, -0.25) is 9.59 Å². The molecule has 1 aromatic rings. The van der Waals surface area contributed by atoms with Crippen LogP contribution in [-0.4, -0.2) is 25.8 Å². The second-order valence-electron chi connectivity index (χ2n) is 7.50. The fraction of sp³-hybridized carbons (Fsp3) is 0.565. The number of azide groups is 1. The van der Waals surface area contributed by atoms with Crippen LogP contribution in [-0.2, 0) is 0 Å². The summed E-state index contributed by atoms with van der Waals surface area (Å²) in [4.78, 5) is 27.9. The summed E-state index contributed by atoms with van der Waals surface area (Å²) in [5.74, 6) is -0.0638. The molecule has 0 N–H and O–H groups in total. The van der Waals surface area contributed by atoms with Crippen molar-refractivity contribution in [1.82, 2.24) is 0 Å². The van der Waals surface area contributed by atoms with Crippen molar-refractivity contribution in [2.75, 3.05) is 14.2 Å². The highest BCUT2D eigenvalue weighted by Gasteiger charge is 2.31. The molecule has 1 aliphatic rings. The molecule has 1 aliphatic carbocycles. The summed E-state index contributed by atoms with van der Waals surface area (Å²) >= 11 is 0. The molecule has 2 rings (SSSR count). The lowest BCUT2D eigenvalue weighted by Gasteiger charge is -2.22. The van der Waals surface area contributed by atoms with E-state index < -0.39 is 6.04 Å². The van der Waals surface area contributed by atoms with Crippen molar-refractivity contribution in [3.05, 3.63) is 45.4 Å². The first-order valence-electron chi connectivity index (χ1n) is 10.7. The Morgan fingerprint density at radius 1 is 0.933 bits per heavy atom. The molecule has 30 heavy (non-hydrogen) atoms. The number of rotatable bonds is 13. The minimum Gasteiger partial charge on any atom is -0.496 e. The summed E-state index contributed by atoms with van der Waals surface area (Å²) in [6.07, 6.45) is 12.5. The Morgan fingerprint density at radius 2 is 1.53 bits per heavy atom. The van der Waals surface area contributed by atoms with Crippen LogP contribution in [0.4, 0.5) is 0 Å². The summed E-state index contributed by atoms with van der Waals surface area (Å²) in [7, 11) is 2.90. The van der Waals surface area contributed by atoms with E-state index in [0.717, 1.165) is 19.3 Å². The summed E-state index contributed by atoms with van der Waals surface area (Å²) < 4.78 is 10.9. The maximum absolute atomic E-state index is 12.5. The molecule has 0 saturated carbocycles. The summed E-state index contributed by atoms with van der Waals surface area (Å²) in [5.41, 5.74) is 10.0. The molecule has 0 heterocycles. The van der Waals surface area contributed by atoms with Crippen LogP contribution in [0.1, 0.15) is 97.0 Å². The smallest absolute Gasteiger partial charge is 0.190 e. The lowest BCUT2D eigenvalue weighted by atomic mass is 9.88. The molecule has 1 unspecified atom stereocenters. The van der Waals surface area contributed by atoms with Crippen molar-refractivity contribution in [3.8, 4) is 11.5 Å². The molecule has 0 aliphatic heterocycles. The maximum atomic E-state index is 12.5. The fourth-order valence-electron chi connectivity index (χ4n) is 3.90. The van der Waals surface area contributed by atoms with Crippen LogP contribution in [0.3, 0.4) is 0 Å². The van der Waals surface area contributed by atoms with Crippen molar-refractivity contribution < 1.29 is 19.1 Å². The van der Waals surface area contributed by atoms with Gasteiger partial charge in [0.2, 0.25) is 0 Å². The van der Waals surface area contributed by atoms with Gasteiger partial charge in [0.25, 0.3) is 0 Å². The highest BCUT2D eigenvalue weighted by Crippen LogP contribution is 2.42. The van der Waals surface area contributed by atoms with Gasteiger partial charge in [-0.15, -0.1) is 0 Å². The number of ether oxygens (including phenoxy) is 2. The number of hydrogen-bond donors (Lipinski definition) is 0. The highest BCUT2D eigenvalue weighted by molar-refractivity contribution is 6.24. The lowest BCUT2D eigenvalue weighted by Crippen LogP contribution is -2.17. The van der Waals surface area contributed by atoms with Crippen LogP contribution in [0.2, 0.25) is 0 Å². The van der Waals surface area contributed by atoms with E-state index in [0.29, 0.717) is 12.0 Å². The average Bonchev–Trinajstić information content (AvgIpc) is 2.76. The minimum atomic E-state index is -0.502. The summed E-state index contributed by atoms with van der Waals surface area (Å²) in [5, 5.41) is 3.96. The molecule has 7 nitrogen and oxygen atoms in total. The third kappa shape index (κ3) is 5.63. The number of allylic oxidation sites excluding steroid dienone is 2. The standard InChI is InChI=1S/C23H31N3O4/c1-4-5-6-7-8-9-10-11-12-17(25-26-24)16-15-20(29-2)21-18(27)13-14-19(28)22(21)23(16)30-3/h13-15,17H,4-12H2,1-3H3. The van der Waals surface area contributed by atoms with Gasteiger partial charge >= 0.3 is 0 Å². The number of fused-ring (bicyclic) bond motifs is 1. The molecule has 162 valence electrons. The molecular weight excluding hydrogens is 382 g/mol. The van der Waals surface area contributed by atoms with E-state index in [4.69, 9.17) is 15.0 Å². The maximum Gasteiger partial charge on any atom is 0.190 e. The van der Waals surface area contributed by atoms with Crippen LogP contribution >= 0.6 is 0 Å². The van der Waals surface area contributed by atoms with Crippen molar-refractivity contribution in [2.45, 2.75) is 70.8 Å². The van der Waals surface area contributed by atoms with Gasteiger partial charge in [-0.05, 0) is 30.2 Å². The van der Waals surface area contributed by atoms with E-state index >= 15 is 0 Å². The first kappa shape index (κ1) is 23.5. The molecule has 7 heteroatoms. The molecule has 0 spiro atoms. The van der Waals surface area contributed by atoms with Gasteiger partial charge in [-0.1, -0.05) is 63.4 Å². The van der Waals surface area contributed by atoms with Gasteiger partial charge in [0, 0.05) is 10.5 Å². The molecule has 0 aromatic heterocycles. The van der Waals surface area contributed by atoms with E-state index in [1.54, 1.807) is 6.07 Å². The number of carbonyl (C=O) groups is 2. The Bertz CT molecular complexity index is 841. The molecule has 1 atom stereocenters.